The number of fused-ring (bicyclic) bond motifs is 1. The first kappa shape index (κ1) is 20.1. The third-order valence-electron chi connectivity index (χ3n) is 7.41. The molecule has 1 saturated heterocycles. The number of benzene rings is 2. The fourth-order valence-corrected chi connectivity index (χ4v) is 5.88. The molecule has 2 bridgehead atoms. The smallest absolute Gasteiger partial charge is 0.197 e. The first-order chi connectivity index (χ1) is 15.1. The Morgan fingerprint density at radius 2 is 1.90 bits per heavy atom. The van der Waals surface area contributed by atoms with Crippen molar-refractivity contribution < 1.29 is 19.0 Å². The van der Waals surface area contributed by atoms with Gasteiger partial charge in [0, 0.05) is 29.4 Å². The van der Waals surface area contributed by atoms with E-state index in [9.17, 15) is 4.79 Å². The second-order valence-electron chi connectivity index (χ2n) is 8.92. The van der Waals surface area contributed by atoms with E-state index in [0.717, 1.165) is 42.0 Å². The monoisotopic (exact) mass is 419 g/mol. The molecular weight excluding hydrogens is 390 g/mol. The van der Waals surface area contributed by atoms with Crippen molar-refractivity contribution in [3.05, 3.63) is 71.0 Å². The van der Waals surface area contributed by atoms with Gasteiger partial charge in [-0.05, 0) is 49.7 Å². The number of carbonyl (C=O) groups is 1. The average molecular weight is 420 g/mol. The highest BCUT2D eigenvalue weighted by atomic mass is 16.5. The molecular formula is C26H29NO4. The van der Waals surface area contributed by atoms with Crippen molar-refractivity contribution in [3.63, 3.8) is 0 Å². The normalized spacial score (nSPS) is 27.1. The number of Topliss-reactive ketones (excluding diaryl/α,β-unsaturated/α-hetero) is 1. The van der Waals surface area contributed by atoms with Crippen LogP contribution in [0.15, 0.2) is 54.3 Å². The number of likely N-dealkylation sites (tertiary alicyclic amines) is 1. The number of methoxy groups -OCH3 is 2. The fourth-order valence-electron chi connectivity index (χ4n) is 5.88. The summed E-state index contributed by atoms with van der Waals surface area (Å²) in [6, 6.07) is 14.7. The van der Waals surface area contributed by atoms with Crippen LogP contribution in [0.3, 0.4) is 0 Å². The zero-order valence-electron chi connectivity index (χ0n) is 18.4. The van der Waals surface area contributed by atoms with Crippen molar-refractivity contribution in [3.8, 4) is 11.5 Å². The topological polar surface area (TPSA) is 48.0 Å². The van der Waals surface area contributed by atoms with Gasteiger partial charge in [-0.15, -0.1) is 0 Å². The summed E-state index contributed by atoms with van der Waals surface area (Å²) in [6.07, 6.45) is 4.36. The van der Waals surface area contributed by atoms with Gasteiger partial charge < -0.3 is 19.1 Å². The molecule has 0 saturated carbocycles. The molecule has 1 fully saturated rings. The van der Waals surface area contributed by atoms with Crippen molar-refractivity contribution in [1.29, 1.82) is 0 Å². The SMILES string of the molecule is COC1=C[C@H]2[C@@H]3Cc4ccc(OC)c(OCc5ccccc5)c4[C@@]2(CCN3C)CC1=O. The number of hydrogen-bond donors (Lipinski definition) is 0. The highest BCUT2D eigenvalue weighted by Crippen LogP contribution is 2.58. The molecule has 0 aromatic heterocycles. The van der Waals surface area contributed by atoms with Crippen LogP contribution < -0.4 is 9.47 Å². The molecule has 2 aromatic carbocycles. The Morgan fingerprint density at radius 3 is 2.65 bits per heavy atom. The predicted molar refractivity (Wildman–Crippen MR) is 118 cm³/mol. The molecule has 5 nitrogen and oxygen atoms in total. The van der Waals surface area contributed by atoms with Crippen LogP contribution >= 0.6 is 0 Å². The first-order valence-electron chi connectivity index (χ1n) is 10.9. The summed E-state index contributed by atoms with van der Waals surface area (Å²) < 4.78 is 17.7. The van der Waals surface area contributed by atoms with Gasteiger partial charge in [0.2, 0.25) is 0 Å². The molecule has 0 amide bonds. The molecule has 0 radical (unpaired) electrons. The quantitative estimate of drug-likeness (QED) is 0.736. The number of allylic oxidation sites excluding steroid dienone is 1. The van der Waals surface area contributed by atoms with Gasteiger partial charge in [-0.25, -0.2) is 0 Å². The molecule has 0 spiro atoms. The van der Waals surface area contributed by atoms with Gasteiger partial charge in [-0.1, -0.05) is 36.4 Å². The second kappa shape index (κ2) is 7.72. The van der Waals surface area contributed by atoms with Gasteiger partial charge in [-0.2, -0.15) is 0 Å². The number of ether oxygens (including phenoxy) is 3. The van der Waals surface area contributed by atoms with E-state index in [1.807, 2.05) is 24.3 Å². The molecule has 0 N–H and O–H groups in total. The zero-order chi connectivity index (χ0) is 21.6. The summed E-state index contributed by atoms with van der Waals surface area (Å²) in [6.45, 7) is 1.42. The van der Waals surface area contributed by atoms with Gasteiger partial charge in [0.05, 0.1) is 14.2 Å². The van der Waals surface area contributed by atoms with Crippen LogP contribution in [0.1, 0.15) is 29.5 Å². The van der Waals surface area contributed by atoms with Crippen molar-refractivity contribution in [1.82, 2.24) is 4.90 Å². The summed E-state index contributed by atoms with van der Waals surface area (Å²) in [4.78, 5) is 15.5. The number of nitrogens with zero attached hydrogens (tertiary/aromatic N) is 1. The van der Waals surface area contributed by atoms with Crippen LogP contribution in [0.4, 0.5) is 0 Å². The molecule has 3 aliphatic rings. The van der Waals surface area contributed by atoms with E-state index >= 15 is 0 Å². The number of carbonyl (C=O) groups excluding carboxylic acids is 1. The number of hydrogen-bond acceptors (Lipinski definition) is 5. The molecule has 162 valence electrons. The van der Waals surface area contributed by atoms with E-state index in [-0.39, 0.29) is 17.1 Å². The third-order valence-corrected chi connectivity index (χ3v) is 7.41. The molecule has 1 heterocycles. The maximum absolute atomic E-state index is 13.0. The lowest BCUT2D eigenvalue weighted by atomic mass is 9.53. The molecule has 2 aliphatic carbocycles. The van der Waals surface area contributed by atoms with E-state index in [1.165, 1.54) is 5.56 Å². The minimum absolute atomic E-state index is 0.0757. The maximum Gasteiger partial charge on any atom is 0.197 e. The number of likely N-dealkylation sites (N-methyl/N-ethyl adjacent to an activating group) is 1. The molecule has 5 heteroatoms. The minimum Gasteiger partial charge on any atom is -0.493 e. The van der Waals surface area contributed by atoms with Crippen LogP contribution in [0, 0.1) is 5.92 Å². The van der Waals surface area contributed by atoms with E-state index in [1.54, 1.807) is 14.2 Å². The maximum atomic E-state index is 13.0. The Hall–Kier alpha value is -2.79. The van der Waals surface area contributed by atoms with Crippen LogP contribution in [-0.2, 0) is 28.0 Å². The molecule has 1 aliphatic heterocycles. The Bertz CT molecular complexity index is 1030. The van der Waals surface area contributed by atoms with E-state index in [2.05, 4.69) is 36.2 Å². The van der Waals surface area contributed by atoms with Gasteiger partial charge in [0.1, 0.15) is 6.61 Å². The predicted octanol–water partition coefficient (Wildman–Crippen LogP) is 3.89. The molecule has 0 unspecified atom stereocenters. The summed E-state index contributed by atoms with van der Waals surface area (Å²) in [5, 5.41) is 0. The fraction of sp³-hybridized carbons (Fsp3) is 0.423. The number of rotatable bonds is 5. The third kappa shape index (κ3) is 3.14. The van der Waals surface area contributed by atoms with E-state index in [4.69, 9.17) is 14.2 Å². The number of ketones is 1. The minimum atomic E-state index is -0.287. The Balaban J connectivity index is 1.65. The van der Waals surface area contributed by atoms with E-state index in [0.29, 0.717) is 24.8 Å². The van der Waals surface area contributed by atoms with Crippen molar-refractivity contribution >= 4 is 5.78 Å². The standard InChI is InChI=1S/C26H29NO4/c1-27-12-11-26-15-21(28)23(30-3)14-19(26)20(27)13-18-9-10-22(29-2)25(24(18)26)31-16-17-7-5-4-6-8-17/h4-10,14,19-20H,11-13,15-16H2,1-3H3/t19-,20-,26-/m0/s1. The summed E-state index contributed by atoms with van der Waals surface area (Å²) in [7, 11) is 5.46. The largest absolute Gasteiger partial charge is 0.493 e. The first-order valence-corrected chi connectivity index (χ1v) is 10.9. The van der Waals surface area contributed by atoms with Gasteiger partial charge >= 0.3 is 0 Å². The van der Waals surface area contributed by atoms with Crippen LogP contribution in [0.25, 0.3) is 0 Å². The number of piperidine rings is 1. The van der Waals surface area contributed by atoms with Gasteiger partial charge in [0.15, 0.2) is 23.0 Å². The van der Waals surface area contributed by atoms with Crippen molar-refractivity contribution in [2.24, 2.45) is 5.92 Å². The Morgan fingerprint density at radius 1 is 1.10 bits per heavy atom. The second-order valence-corrected chi connectivity index (χ2v) is 8.92. The van der Waals surface area contributed by atoms with Gasteiger partial charge in [0.25, 0.3) is 0 Å². The lowest BCUT2D eigenvalue weighted by Crippen LogP contribution is -2.60. The van der Waals surface area contributed by atoms with Crippen LogP contribution in [-0.4, -0.2) is 44.5 Å². The Kier molecular flexibility index (Phi) is 5.01. The summed E-state index contributed by atoms with van der Waals surface area (Å²) >= 11 is 0. The summed E-state index contributed by atoms with van der Waals surface area (Å²) in [5.74, 6) is 2.30. The highest BCUT2D eigenvalue weighted by molar-refractivity contribution is 5.96. The molecule has 2 aromatic rings. The van der Waals surface area contributed by atoms with Gasteiger partial charge in [-0.3, -0.25) is 4.79 Å². The average Bonchev–Trinajstić information content (AvgIpc) is 2.79. The highest BCUT2D eigenvalue weighted by Gasteiger charge is 2.56. The van der Waals surface area contributed by atoms with Crippen molar-refractivity contribution in [2.45, 2.75) is 37.3 Å². The lowest BCUT2D eigenvalue weighted by molar-refractivity contribution is -0.122. The van der Waals surface area contributed by atoms with Crippen LogP contribution in [0.5, 0.6) is 11.5 Å². The molecule has 31 heavy (non-hydrogen) atoms. The van der Waals surface area contributed by atoms with E-state index < -0.39 is 0 Å². The lowest BCUT2D eigenvalue weighted by Gasteiger charge is -2.56. The van der Waals surface area contributed by atoms with Crippen molar-refractivity contribution in [2.75, 3.05) is 27.8 Å². The summed E-state index contributed by atoms with van der Waals surface area (Å²) in [5.41, 5.74) is 3.25. The Labute approximate surface area is 183 Å². The van der Waals surface area contributed by atoms with Crippen LogP contribution in [0.2, 0.25) is 0 Å². The molecule has 3 atom stereocenters. The molecule has 5 rings (SSSR count). The zero-order valence-corrected chi connectivity index (χ0v) is 18.4.